The lowest BCUT2D eigenvalue weighted by Crippen LogP contribution is -2.30. The molecule has 0 saturated heterocycles. The number of fused-ring (bicyclic) bond motifs is 4. The maximum absolute atomic E-state index is 4.96. The quantitative estimate of drug-likeness (QED) is 0.177. The third-order valence-electron chi connectivity index (χ3n) is 10.5. The minimum Gasteiger partial charge on any atom is -0.310 e. The Bertz CT molecular complexity index is 2570. The Morgan fingerprint density at radius 2 is 0.815 bits per heavy atom. The molecule has 54 heavy (non-hydrogen) atoms. The zero-order valence-electron chi connectivity index (χ0n) is 29.9. The van der Waals surface area contributed by atoms with Crippen LogP contribution in [0.1, 0.15) is 25.0 Å². The number of anilines is 6. The first-order chi connectivity index (χ1) is 26.5. The molecule has 5 nitrogen and oxygen atoms in total. The van der Waals surface area contributed by atoms with Gasteiger partial charge in [0.15, 0.2) is 17.5 Å². The molecule has 0 amide bonds. The van der Waals surface area contributed by atoms with Crippen molar-refractivity contribution >= 4 is 45.9 Å². The zero-order valence-corrected chi connectivity index (χ0v) is 30.7. The second-order valence-corrected chi connectivity index (χ2v) is 15.2. The van der Waals surface area contributed by atoms with Gasteiger partial charge in [-0.25, -0.2) is 15.0 Å². The third-order valence-corrected chi connectivity index (χ3v) is 11.6. The highest BCUT2D eigenvalue weighted by molar-refractivity contribution is 7.99. The fourth-order valence-electron chi connectivity index (χ4n) is 7.81. The molecule has 0 N–H and O–H groups in total. The summed E-state index contributed by atoms with van der Waals surface area (Å²) in [6.07, 6.45) is 0. The maximum Gasteiger partial charge on any atom is 0.164 e. The van der Waals surface area contributed by atoms with Crippen LogP contribution in [0.3, 0.4) is 0 Å². The Morgan fingerprint density at radius 1 is 0.389 bits per heavy atom. The van der Waals surface area contributed by atoms with E-state index in [9.17, 15) is 0 Å². The molecule has 3 heterocycles. The van der Waals surface area contributed by atoms with Crippen LogP contribution in [-0.2, 0) is 5.41 Å². The van der Waals surface area contributed by atoms with E-state index in [0.29, 0.717) is 17.5 Å². The molecule has 2 aliphatic heterocycles. The Kier molecular flexibility index (Phi) is 7.67. The predicted molar refractivity (Wildman–Crippen MR) is 222 cm³/mol. The van der Waals surface area contributed by atoms with E-state index in [2.05, 4.69) is 139 Å². The largest absolute Gasteiger partial charge is 0.310 e. The number of para-hydroxylation sites is 3. The maximum atomic E-state index is 4.96. The standard InChI is InChI=1S/C48H35N5S/c1-48(2)37-19-9-11-21-39(37)53(40-22-12-10-20-38(40)48)36-29-30-42-44(31-36)54-43-24-14-13-23-41(43)52(42)35-27-25-34(26-28-35)47-50-45(32-15-5-3-6-16-32)49-46(51-47)33-17-7-4-8-18-33/h3-31H,1-2H3. The van der Waals surface area contributed by atoms with E-state index in [1.165, 1.54) is 32.3 Å². The number of hydrogen-bond donors (Lipinski definition) is 0. The molecule has 0 radical (unpaired) electrons. The molecule has 258 valence electrons. The summed E-state index contributed by atoms with van der Waals surface area (Å²) in [6.45, 7) is 4.66. The number of aromatic nitrogens is 3. The summed E-state index contributed by atoms with van der Waals surface area (Å²) in [4.78, 5) is 22.0. The lowest BCUT2D eigenvalue weighted by molar-refractivity contribution is 0.632. The Labute approximate surface area is 319 Å². The summed E-state index contributed by atoms with van der Waals surface area (Å²) in [6, 6.07) is 62.0. The van der Waals surface area contributed by atoms with Crippen LogP contribution in [0.2, 0.25) is 0 Å². The topological polar surface area (TPSA) is 45.2 Å². The van der Waals surface area contributed by atoms with Gasteiger partial charge >= 0.3 is 0 Å². The average Bonchev–Trinajstić information content (AvgIpc) is 3.23. The van der Waals surface area contributed by atoms with Gasteiger partial charge in [-0.3, -0.25) is 0 Å². The van der Waals surface area contributed by atoms with Crippen molar-refractivity contribution in [2.45, 2.75) is 29.1 Å². The summed E-state index contributed by atoms with van der Waals surface area (Å²) in [5.41, 5.74) is 12.3. The summed E-state index contributed by atoms with van der Waals surface area (Å²) < 4.78 is 0. The monoisotopic (exact) mass is 713 g/mol. The first-order valence-electron chi connectivity index (χ1n) is 18.2. The van der Waals surface area contributed by atoms with Crippen LogP contribution in [0.4, 0.5) is 34.1 Å². The number of rotatable bonds is 5. The van der Waals surface area contributed by atoms with Crippen molar-refractivity contribution in [3.63, 3.8) is 0 Å². The van der Waals surface area contributed by atoms with Crippen LogP contribution >= 0.6 is 11.8 Å². The lowest BCUT2D eigenvalue weighted by atomic mass is 9.73. The molecule has 0 fully saturated rings. The Hall–Kier alpha value is -6.50. The second-order valence-electron chi connectivity index (χ2n) is 14.1. The van der Waals surface area contributed by atoms with Crippen LogP contribution in [-0.4, -0.2) is 15.0 Å². The fraction of sp³-hybridized carbons (Fsp3) is 0.0625. The molecule has 6 heteroatoms. The molecule has 10 rings (SSSR count). The third kappa shape index (κ3) is 5.37. The molecule has 0 atom stereocenters. The molecule has 7 aromatic carbocycles. The normalized spacial score (nSPS) is 13.7. The van der Waals surface area contributed by atoms with Gasteiger partial charge in [0.05, 0.1) is 22.7 Å². The van der Waals surface area contributed by atoms with Crippen molar-refractivity contribution < 1.29 is 0 Å². The minimum absolute atomic E-state index is 0.109. The summed E-state index contributed by atoms with van der Waals surface area (Å²) >= 11 is 1.83. The van der Waals surface area contributed by atoms with E-state index in [1.807, 2.05) is 72.4 Å². The molecular formula is C48H35N5S. The van der Waals surface area contributed by atoms with Gasteiger partial charge in [-0.1, -0.05) is 135 Å². The molecule has 0 unspecified atom stereocenters. The van der Waals surface area contributed by atoms with Gasteiger partial charge in [-0.2, -0.15) is 0 Å². The van der Waals surface area contributed by atoms with Crippen LogP contribution in [0.5, 0.6) is 0 Å². The number of benzene rings is 7. The summed E-state index contributed by atoms with van der Waals surface area (Å²) in [7, 11) is 0. The highest BCUT2D eigenvalue weighted by Gasteiger charge is 2.37. The number of nitrogens with zero attached hydrogens (tertiary/aromatic N) is 5. The van der Waals surface area contributed by atoms with E-state index in [1.54, 1.807) is 0 Å². The van der Waals surface area contributed by atoms with Crippen molar-refractivity contribution in [2.24, 2.45) is 0 Å². The van der Waals surface area contributed by atoms with Crippen molar-refractivity contribution in [1.82, 2.24) is 15.0 Å². The van der Waals surface area contributed by atoms with E-state index in [0.717, 1.165) is 39.4 Å². The fourth-order valence-corrected chi connectivity index (χ4v) is 8.90. The Balaban J connectivity index is 1.06. The van der Waals surface area contributed by atoms with Crippen LogP contribution in [0.25, 0.3) is 34.2 Å². The van der Waals surface area contributed by atoms with Crippen molar-refractivity contribution in [2.75, 3.05) is 9.80 Å². The molecule has 0 aliphatic carbocycles. The second kappa shape index (κ2) is 12.9. The highest BCUT2D eigenvalue weighted by atomic mass is 32.2. The molecule has 0 bridgehead atoms. The van der Waals surface area contributed by atoms with E-state index in [4.69, 9.17) is 15.0 Å². The van der Waals surface area contributed by atoms with E-state index in [-0.39, 0.29) is 5.41 Å². The van der Waals surface area contributed by atoms with Gasteiger partial charge in [-0.15, -0.1) is 0 Å². The van der Waals surface area contributed by atoms with Gasteiger partial charge in [0.1, 0.15) is 0 Å². The predicted octanol–water partition coefficient (Wildman–Crippen LogP) is 12.9. The minimum atomic E-state index is -0.109. The summed E-state index contributed by atoms with van der Waals surface area (Å²) in [5.74, 6) is 1.94. The number of hydrogen-bond acceptors (Lipinski definition) is 6. The lowest BCUT2D eigenvalue weighted by Gasteiger charge is -2.42. The Morgan fingerprint density at radius 3 is 1.39 bits per heavy atom. The van der Waals surface area contributed by atoms with Gasteiger partial charge < -0.3 is 9.80 Å². The van der Waals surface area contributed by atoms with Gasteiger partial charge in [0.2, 0.25) is 0 Å². The summed E-state index contributed by atoms with van der Waals surface area (Å²) in [5, 5.41) is 0. The molecule has 0 spiro atoms. The molecule has 0 saturated carbocycles. The molecule has 8 aromatic rings. The average molecular weight is 714 g/mol. The highest BCUT2D eigenvalue weighted by Crippen LogP contribution is 2.55. The van der Waals surface area contributed by atoms with E-state index >= 15 is 0 Å². The van der Waals surface area contributed by atoms with Crippen LogP contribution in [0, 0.1) is 0 Å². The van der Waals surface area contributed by atoms with Crippen molar-refractivity contribution in [3.8, 4) is 34.2 Å². The van der Waals surface area contributed by atoms with Gasteiger partial charge in [0.25, 0.3) is 0 Å². The SMILES string of the molecule is CC1(C)c2ccccc2N(c2ccc3c(c2)Sc2ccccc2N3c2ccc(-c3nc(-c4ccccc4)nc(-c4ccccc4)n3)cc2)c2ccccc21. The van der Waals surface area contributed by atoms with Crippen LogP contribution in [0.15, 0.2) is 186 Å². The van der Waals surface area contributed by atoms with Gasteiger partial charge in [-0.05, 0) is 77.9 Å². The first-order valence-corrected chi connectivity index (χ1v) is 19.0. The molecular weight excluding hydrogens is 679 g/mol. The molecule has 2 aliphatic rings. The van der Waals surface area contributed by atoms with Crippen molar-refractivity contribution in [3.05, 3.63) is 187 Å². The van der Waals surface area contributed by atoms with Crippen molar-refractivity contribution in [1.29, 1.82) is 0 Å². The van der Waals surface area contributed by atoms with Gasteiger partial charge in [0, 0.05) is 43.3 Å². The zero-order chi connectivity index (χ0) is 36.2. The molecule has 1 aromatic heterocycles. The van der Waals surface area contributed by atoms with Crippen LogP contribution < -0.4 is 9.80 Å². The first kappa shape index (κ1) is 32.2. The van der Waals surface area contributed by atoms with E-state index < -0.39 is 0 Å². The smallest absolute Gasteiger partial charge is 0.164 e.